The average Bonchev–Trinajstić information content (AvgIpc) is 2.95. The van der Waals surface area contributed by atoms with E-state index in [0.717, 1.165) is 36.0 Å². The van der Waals surface area contributed by atoms with Crippen LogP contribution in [0.4, 0.5) is 5.82 Å². The van der Waals surface area contributed by atoms with Crippen LogP contribution >= 0.6 is 11.3 Å². The molecule has 1 fully saturated rings. The van der Waals surface area contributed by atoms with Crippen LogP contribution in [0.1, 0.15) is 32.4 Å². The molecule has 5 nitrogen and oxygen atoms in total. The third-order valence-electron chi connectivity index (χ3n) is 3.86. The Kier molecular flexibility index (Phi) is 3.49. The van der Waals surface area contributed by atoms with E-state index in [1.807, 2.05) is 16.0 Å². The van der Waals surface area contributed by atoms with Crippen LogP contribution in [0.15, 0.2) is 17.7 Å². The van der Waals surface area contributed by atoms with Gasteiger partial charge in [-0.1, -0.05) is 13.8 Å². The Balaban J connectivity index is 2.03. The van der Waals surface area contributed by atoms with Crippen molar-refractivity contribution in [1.29, 1.82) is 0 Å². The van der Waals surface area contributed by atoms with Crippen LogP contribution in [-0.2, 0) is 4.79 Å². The lowest BCUT2D eigenvalue weighted by molar-refractivity contribution is -0.131. The standard InChI is InChI=1S/C15H19N3O2S/c1-15(2)6-3-7-17(10-15)13-11(4-5-12(19)20)18-8-9-21-14(18)16-13/h4-5,8-9H,3,6-7,10H2,1-2H3,(H,19,20). The second kappa shape index (κ2) is 5.18. The predicted molar refractivity (Wildman–Crippen MR) is 85.0 cm³/mol. The second-order valence-corrected chi connectivity index (χ2v) is 7.11. The molecule has 0 aliphatic carbocycles. The number of hydrogen-bond acceptors (Lipinski definition) is 4. The van der Waals surface area contributed by atoms with Gasteiger partial charge in [-0.2, -0.15) is 0 Å². The highest BCUT2D eigenvalue weighted by atomic mass is 32.1. The Morgan fingerprint density at radius 3 is 3.05 bits per heavy atom. The minimum atomic E-state index is -0.940. The van der Waals surface area contributed by atoms with Crippen molar-refractivity contribution in [3.63, 3.8) is 0 Å². The molecule has 112 valence electrons. The first-order valence-corrected chi connectivity index (χ1v) is 7.96. The van der Waals surface area contributed by atoms with Gasteiger partial charge >= 0.3 is 5.97 Å². The summed E-state index contributed by atoms with van der Waals surface area (Å²) in [6, 6.07) is 0. The van der Waals surface area contributed by atoms with E-state index in [4.69, 9.17) is 10.1 Å². The van der Waals surface area contributed by atoms with Crippen LogP contribution < -0.4 is 4.90 Å². The molecule has 1 aliphatic heterocycles. The van der Waals surface area contributed by atoms with Crippen molar-refractivity contribution in [2.75, 3.05) is 18.0 Å². The van der Waals surface area contributed by atoms with Gasteiger partial charge in [0.2, 0.25) is 0 Å². The minimum absolute atomic E-state index is 0.267. The van der Waals surface area contributed by atoms with Gasteiger partial charge in [0.1, 0.15) is 0 Å². The number of fused-ring (bicyclic) bond motifs is 1. The lowest BCUT2D eigenvalue weighted by Crippen LogP contribution is -2.40. The number of rotatable bonds is 3. The Labute approximate surface area is 127 Å². The van der Waals surface area contributed by atoms with Gasteiger partial charge in [0.05, 0.1) is 5.69 Å². The molecule has 3 heterocycles. The van der Waals surface area contributed by atoms with E-state index in [-0.39, 0.29) is 5.41 Å². The quantitative estimate of drug-likeness (QED) is 0.885. The number of carbonyl (C=O) groups is 1. The van der Waals surface area contributed by atoms with Crippen LogP contribution in [0.3, 0.4) is 0 Å². The van der Waals surface area contributed by atoms with Gasteiger partial charge in [-0.15, -0.1) is 11.3 Å². The summed E-state index contributed by atoms with van der Waals surface area (Å²) in [4.78, 5) is 18.7. The highest BCUT2D eigenvalue weighted by Gasteiger charge is 2.29. The van der Waals surface area contributed by atoms with Gasteiger partial charge in [-0.3, -0.25) is 4.40 Å². The number of piperidine rings is 1. The van der Waals surface area contributed by atoms with Gasteiger partial charge in [0, 0.05) is 30.7 Å². The maximum atomic E-state index is 10.8. The normalized spacial score (nSPS) is 18.7. The third kappa shape index (κ3) is 2.81. The monoisotopic (exact) mass is 305 g/mol. The fourth-order valence-corrected chi connectivity index (χ4v) is 3.65. The number of imidazole rings is 1. The molecule has 1 N–H and O–H groups in total. The Hall–Kier alpha value is -1.82. The fourth-order valence-electron chi connectivity index (χ4n) is 2.93. The van der Waals surface area contributed by atoms with Crippen molar-refractivity contribution in [3.05, 3.63) is 23.3 Å². The van der Waals surface area contributed by atoms with Crippen molar-refractivity contribution < 1.29 is 9.90 Å². The average molecular weight is 305 g/mol. The predicted octanol–water partition coefficient (Wildman–Crippen LogP) is 3.12. The van der Waals surface area contributed by atoms with Crippen LogP contribution in [0, 0.1) is 5.41 Å². The summed E-state index contributed by atoms with van der Waals surface area (Å²) in [5.74, 6) is -0.0442. The molecule has 6 heteroatoms. The lowest BCUT2D eigenvalue weighted by Gasteiger charge is -2.38. The Bertz CT molecular complexity index is 699. The second-order valence-electron chi connectivity index (χ2n) is 6.24. The van der Waals surface area contributed by atoms with E-state index in [1.165, 1.54) is 12.5 Å². The maximum absolute atomic E-state index is 10.8. The molecule has 1 aliphatic rings. The van der Waals surface area contributed by atoms with Crippen molar-refractivity contribution in [1.82, 2.24) is 9.38 Å². The van der Waals surface area contributed by atoms with Gasteiger partial charge in [-0.05, 0) is 24.3 Å². The zero-order chi connectivity index (χ0) is 15.0. The number of carboxylic acids is 1. The molecule has 0 unspecified atom stereocenters. The van der Waals surface area contributed by atoms with E-state index in [1.54, 1.807) is 17.4 Å². The van der Waals surface area contributed by atoms with Gasteiger partial charge < -0.3 is 10.0 Å². The summed E-state index contributed by atoms with van der Waals surface area (Å²) in [5.41, 5.74) is 1.12. The molecular weight excluding hydrogens is 286 g/mol. The van der Waals surface area contributed by atoms with Crippen LogP contribution in [0.25, 0.3) is 11.0 Å². The summed E-state index contributed by atoms with van der Waals surface area (Å²) in [5, 5.41) is 10.9. The largest absolute Gasteiger partial charge is 0.478 e. The molecule has 2 aromatic rings. The lowest BCUT2D eigenvalue weighted by atomic mass is 9.84. The maximum Gasteiger partial charge on any atom is 0.328 e. The van der Waals surface area contributed by atoms with E-state index < -0.39 is 5.97 Å². The fraction of sp³-hybridized carbons (Fsp3) is 0.467. The van der Waals surface area contributed by atoms with E-state index in [2.05, 4.69) is 18.7 Å². The van der Waals surface area contributed by atoms with Crippen molar-refractivity contribution >= 4 is 34.2 Å². The summed E-state index contributed by atoms with van der Waals surface area (Å²) in [6.07, 6.45) is 7.12. The first kappa shape index (κ1) is 14.1. The van der Waals surface area contributed by atoms with Gasteiger partial charge in [0.15, 0.2) is 10.8 Å². The van der Waals surface area contributed by atoms with Crippen LogP contribution in [0.2, 0.25) is 0 Å². The highest BCUT2D eigenvalue weighted by Crippen LogP contribution is 2.34. The highest BCUT2D eigenvalue weighted by molar-refractivity contribution is 7.15. The summed E-state index contributed by atoms with van der Waals surface area (Å²) in [7, 11) is 0. The number of anilines is 1. The molecule has 0 radical (unpaired) electrons. The molecule has 2 aromatic heterocycles. The van der Waals surface area contributed by atoms with Crippen LogP contribution in [-0.4, -0.2) is 33.6 Å². The number of aromatic nitrogens is 2. The topological polar surface area (TPSA) is 57.8 Å². The molecule has 0 bridgehead atoms. The van der Waals surface area contributed by atoms with Crippen molar-refractivity contribution in [2.24, 2.45) is 5.41 Å². The molecular formula is C15H19N3O2S. The van der Waals surface area contributed by atoms with Gasteiger partial charge in [0.25, 0.3) is 0 Å². The summed E-state index contributed by atoms with van der Waals surface area (Å²) < 4.78 is 1.96. The molecule has 0 saturated carbocycles. The van der Waals surface area contributed by atoms with Crippen molar-refractivity contribution in [3.8, 4) is 0 Å². The molecule has 0 atom stereocenters. The zero-order valence-corrected chi connectivity index (χ0v) is 13.1. The minimum Gasteiger partial charge on any atom is -0.478 e. The number of thiazole rings is 1. The van der Waals surface area contributed by atoms with E-state index >= 15 is 0 Å². The first-order valence-electron chi connectivity index (χ1n) is 7.08. The first-order chi connectivity index (χ1) is 9.96. The number of carboxylic acid groups (broad SMARTS) is 1. The van der Waals surface area contributed by atoms with Gasteiger partial charge in [-0.25, -0.2) is 9.78 Å². The summed E-state index contributed by atoms with van der Waals surface area (Å²) >= 11 is 1.56. The summed E-state index contributed by atoms with van der Waals surface area (Å²) in [6.45, 7) is 6.46. The number of hydrogen-bond donors (Lipinski definition) is 1. The van der Waals surface area contributed by atoms with Crippen molar-refractivity contribution in [2.45, 2.75) is 26.7 Å². The third-order valence-corrected chi connectivity index (χ3v) is 4.62. The molecule has 0 amide bonds. The van der Waals surface area contributed by atoms with E-state index in [9.17, 15) is 4.79 Å². The SMILES string of the molecule is CC1(C)CCCN(c2nc3sccn3c2C=CC(=O)O)C1. The Morgan fingerprint density at radius 1 is 1.52 bits per heavy atom. The van der Waals surface area contributed by atoms with E-state index in [0.29, 0.717) is 0 Å². The molecule has 0 aromatic carbocycles. The number of nitrogens with zero attached hydrogens (tertiary/aromatic N) is 3. The molecule has 0 spiro atoms. The van der Waals surface area contributed by atoms with Crippen LogP contribution in [0.5, 0.6) is 0 Å². The Morgan fingerprint density at radius 2 is 2.33 bits per heavy atom. The smallest absolute Gasteiger partial charge is 0.328 e. The molecule has 21 heavy (non-hydrogen) atoms. The zero-order valence-electron chi connectivity index (χ0n) is 12.2. The molecule has 1 saturated heterocycles. The molecule has 3 rings (SSSR count). The number of aliphatic carboxylic acids is 1.